The highest BCUT2D eigenvalue weighted by atomic mass is 31.3. The number of aromatic amines is 1. The summed E-state index contributed by atoms with van der Waals surface area (Å²) >= 11 is 0. The molecule has 36 heteroatoms. The van der Waals surface area contributed by atoms with Crippen LogP contribution in [-0.4, -0.2) is 136 Å². The summed E-state index contributed by atoms with van der Waals surface area (Å²) in [4.78, 5) is 121. The van der Waals surface area contributed by atoms with Gasteiger partial charge in [-0.05, 0) is 5.53 Å². The van der Waals surface area contributed by atoms with E-state index in [1.54, 1.807) is 4.98 Å². The summed E-state index contributed by atoms with van der Waals surface area (Å²) in [5, 5.41) is 4.98. The first-order valence-corrected chi connectivity index (χ1v) is 19.6. The van der Waals surface area contributed by atoms with E-state index < -0.39 is 150 Å². The van der Waals surface area contributed by atoms with Crippen LogP contribution in [0.25, 0.3) is 10.4 Å². The fraction of sp³-hybridized carbons (Fsp3) is 0.630. The average Bonchev–Trinajstić information content (AvgIpc) is 3.45. The molecule has 0 aliphatic carbocycles. The van der Waals surface area contributed by atoms with E-state index in [1.165, 1.54) is 0 Å². The molecule has 0 spiro atoms. The van der Waals surface area contributed by atoms with Crippen LogP contribution < -0.4 is 16.6 Å². The summed E-state index contributed by atoms with van der Waals surface area (Å²) < 4.78 is 153. The van der Waals surface area contributed by atoms with E-state index >= 15 is 0 Å². The fourth-order valence-corrected chi connectivity index (χ4v) is 7.45. The summed E-state index contributed by atoms with van der Waals surface area (Å²) in [7, 11) is -12.6. The number of hydrogen-bond acceptors (Lipinski definition) is 21. The van der Waals surface area contributed by atoms with Crippen LogP contribution in [0, 0.1) is 0 Å². The molecule has 352 valence electrons. The predicted octanol–water partition coefficient (Wildman–Crippen LogP) is -0.421. The van der Waals surface area contributed by atoms with Crippen molar-refractivity contribution in [1.29, 1.82) is 0 Å². The maximum absolute atomic E-state index is 13.3. The number of alkyl halides is 6. The number of aromatic nitrogens is 2. The molecule has 2 aliphatic heterocycles. The number of esters is 5. The molecule has 63 heavy (non-hydrogen) atoms. The number of carbonyl (C=O) groups excluding carboxylic acids is 6. The molecule has 28 nitrogen and oxygen atoms in total. The van der Waals surface area contributed by atoms with E-state index in [-0.39, 0.29) is 4.57 Å². The lowest BCUT2D eigenvalue weighted by molar-refractivity contribution is -0.259. The molecule has 0 aromatic carbocycles. The maximum Gasteiger partial charge on any atom is 0.490 e. The van der Waals surface area contributed by atoms with Crippen molar-refractivity contribution >= 4 is 51.4 Å². The van der Waals surface area contributed by atoms with Gasteiger partial charge in [0.25, 0.3) is 5.56 Å². The first-order valence-electron chi connectivity index (χ1n) is 16.6. The van der Waals surface area contributed by atoms with Crippen molar-refractivity contribution < 1.29 is 121 Å². The summed E-state index contributed by atoms with van der Waals surface area (Å²) in [5.41, 5.74) is 5.86. The number of carbonyl (C=O) groups is 6. The van der Waals surface area contributed by atoms with Crippen LogP contribution in [0.5, 0.6) is 0 Å². The Hall–Kier alpha value is -5.43. The maximum atomic E-state index is 13.3. The van der Waals surface area contributed by atoms with Crippen LogP contribution >= 0.6 is 15.6 Å². The molecule has 3 rings (SSSR count). The number of phosphoric ester groups is 2. The number of azide groups is 1. The monoisotopic (exact) mass is 966 g/mol. The van der Waals surface area contributed by atoms with Crippen molar-refractivity contribution in [3.63, 3.8) is 0 Å². The summed E-state index contributed by atoms with van der Waals surface area (Å²) in [6.07, 6.45) is -30.8. The molecule has 2 fully saturated rings. The van der Waals surface area contributed by atoms with Crippen molar-refractivity contribution in [3.8, 4) is 0 Å². The van der Waals surface area contributed by atoms with E-state index in [0.717, 1.165) is 20.8 Å². The van der Waals surface area contributed by atoms with Gasteiger partial charge in [-0.2, -0.15) is 30.7 Å². The third-order valence-corrected chi connectivity index (χ3v) is 10.1. The lowest BCUT2D eigenvalue weighted by Gasteiger charge is -2.44. The summed E-state index contributed by atoms with van der Waals surface area (Å²) in [5.74, 6) is -11.0. The highest BCUT2D eigenvalue weighted by Gasteiger charge is 2.58. The minimum Gasteiger partial charge on any atom is -0.463 e. The van der Waals surface area contributed by atoms with Crippen molar-refractivity contribution in [1.82, 2.24) is 14.9 Å². The number of ether oxygens (including phenoxy) is 7. The Bertz CT molecular complexity index is 2180. The van der Waals surface area contributed by atoms with Gasteiger partial charge in [-0.25, -0.2) is 23.5 Å². The lowest BCUT2D eigenvalue weighted by atomic mass is 9.96. The molecule has 1 amide bonds. The Morgan fingerprint density at radius 1 is 0.841 bits per heavy atom. The highest BCUT2D eigenvalue weighted by Crippen LogP contribution is 2.61. The Labute approximate surface area is 343 Å². The Morgan fingerprint density at radius 3 is 1.90 bits per heavy atom. The van der Waals surface area contributed by atoms with E-state index in [1.807, 2.05) is 5.32 Å². The topological polar surface area (TPSA) is 385 Å². The lowest BCUT2D eigenvalue weighted by Crippen LogP contribution is -2.66. The largest absolute Gasteiger partial charge is 0.490 e. The fourth-order valence-electron chi connectivity index (χ4n) is 5.29. The van der Waals surface area contributed by atoms with E-state index in [0.29, 0.717) is 12.3 Å². The average molecular weight is 966 g/mol. The Kier molecular flexibility index (Phi) is 17.2. The molecule has 2 aliphatic rings. The molecule has 4 N–H and O–H groups in total. The number of H-pyrrole nitrogens is 1. The second-order valence-electron chi connectivity index (χ2n) is 12.2. The molecule has 11 atom stereocenters. The first kappa shape index (κ1) is 51.9. The van der Waals surface area contributed by atoms with Gasteiger partial charge >= 0.3 is 63.5 Å². The van der Waals surface area contributed by atoms with Crippen LogP contribution in [-0.2, 0) is 84.4 Å². The Morgan fingerprint density at radius 2 is 1.38 bits per heavy atom. The third kappa shape index (κ3) is 15.1. The van der Waals surface area contributed by atoms with E-state index in [4.69, 9.17) is 33.7 Å². The smallest absolute Gasteiger partial charge is 0.463 e. The number of halogens is 6. The Balaban J connectivity index is 2.01. The second-order valence-corrected chi connectivity index (χ2v) is 15.2. The van der Waals surface area contributed by atoms with Gasteiger partial charge in [-0.3, -0.25) is 42.6 Å². The van der Waals surface area contributed by atoms with E-state index in [2.05, 4.69) is 28.3 Å². The minimum atomic E-state index is -6.30. The molecule has 0 bridgehead atoms. The van der Waals surface area contributed by atoms with Crippen LogP contribution in [0.4, 0.5) is 26.3 Å². The zero-order chi connectivity index (χ0) is 47.8. The van der Waals surface area contributed by atoms with Crippen molar-refractivity contribution in [2.75, 3.05) is 19.8 Å². The van der Waals surface area contributed by atoms with Crippen molar-refractivity contribution in [2.24, 2.45) is 5.11 Å². The number of amides is 1. The predicted molar refractivity (Wildman–Crippen MR) is 177 cm³/mol. The molecule has 3 heterocycles. The molecule has 5 unspecified atom stereocenters. The number of nitrogens with one attached hydrogen (secondary N) is 2. The van der Waals surface area contributed by atoms with Gasteiger partial charge in [0.15, 0.2) is 36.9 Å². The van der Waals surface area contributed by atoms with Crippen LogP contribution in [0.15, 0.2) is 27.0 Å². The molecule has 0 saturated carbocycles. The highest BCUT2D eigenvalue weighted by molar-refractivity contribution is 7.61. The van der Waals surface area contributed by atoms with Gasteiger partial charge in [0.05, 0.1) is 6.61 Å². The zero-order valence-electron chi connectivity index (χ0n) is 31.5. The summed E-state index contributed by atoms with van der Waals surface area (Å²) in [6.45, 7) is -1.31. The number of hydrogen-bond donors (Lipinski definition) is 4. The van der Waals surface area contributed by atoms with Gasteiger partial charge in [-0.1, -0.05) is 5.11 Å². The van der Waals surface area contributed by atoms with Crippen LogP contribution in [0.3, 0.4) is 0 Å². The van der Waals surface area contributed by atoms with Crippen LogP contribution in [0.1, 0.15) is 27.0 Å². The number of rotatable bonds is 17. The standard InChI is InChI=1S/C27H30F6N6O22P2/c1-9(40)52-7-12-17(54-10(2)41)19(55-11(3)42)16(36-15(44)6-35-38-34)22(57-12)60-63(50,51)61-62(48,49)53-8-13-18(58-23(45)26(28,29)30)20(59-24(46)27(31,32)33)21(56-13)39-5-4-14(43)37-25(39)47/h4-5,12-13,16-22H,6-8H2,1-3H3,(H,36,44)(H,48,49)(H,50,51)(H,37,43,47)/t12?,13-,16?,17+,18+,19-,20?,21-,22+/m1/s1. The molecule has 2 saturated heterocycles. The zero-order valence-corrected chi connectivity index (χ0v) is 33.3. The molecule has 1 aromatic heterocycles. The third-order valence-electron chi connectivity index (χ3n) is 7.51. The SMILES string of the molecule is CC(=O)OCC1O[C@@H](OP(=O)(O)OP(=O)(O)OC[C@H]2O[C@@H](n3ccc(=O)[nH]c3=O)C(OC(=O)C(F)(F)F)[C@H]2OC(=O)C(F)(F)F)C(NC(=O)CN=[N+]=[N-])[C@@H](OC(C)=O)[C@H]1OC(C)=O. The van der Waals surface area contributed by atoms with Crippen molar-refractivity contribution in [2.45, 2.75) is 88.3 Å². The summed E-state index contributed by atoms with van der Waals surface area (Å²) in [6, 6.07) is -1.64. The van der Waals surface area contributed by atoms with Gasteiger partial charge < -0.3 is 48.3 Å². The molecular formula is C27H30F6N6O22P2. The van der Waals surface area contributed by atoms with Crippen molar-refractivity contribution in [3.05, 3.63) is 43.5 Å². The normalized spacial score (nSPS) is 26.7. The van der Waals surface area contributed by atoms with E-state index in [9.17, 15) is 83.6 Å². The number of phosphoric acid groups is 2. The second kappa shape index (κ2) is 20.8. The van der Waals surface area contributed by atoms with Gasteiger partial charge in [0, 0.05) is 37.9 Å². The first-order chi connectivity index (χ1) is 28.9. The van der Waals surface area contributed by atoms with Crippen LogP contribution in [0.2, 0.25) is 0 Å². The van der Waals surface area contributed by atoms with Gasteiger partial charge in [0.1, 0.15) is 31.4 Å². The number of nitrogens with zero attached hydrogens (tertiary/aromatic N) is 4. The molecule has 1 aromatic rings. The van der Waals surface area contributed by atoms with Gasteiger partial charge in [0.2, 0.25) is 5.91 Å². The molecular weight excluding hydrogens is 936 g/mol. The minimum absolute atomic E-state index is 0.116. The van der Waals surface area contributed by atoms with Gasteiger partial charge in [-0.15, -0.1) is 0 Å². The quantitative estimate of drug-likeness (QED) is 0.0293. The molecule has 0 radical (unpaired) electrons.